The molecule has 3 heterocycles. The van der Waals surface area contributed by atoms with E-state index in [1.165, 1.54) is 49.7 Å². The molecule has 294 valence electrons. The molecule has 10 aromatic rings. The number of para-hydroxylation sites is 2. The van der Waals surface area contributed by atoms with Crippen LogP contribution in [0.4, 0.5) is 0 Å². The molecule has 3 aliphatic rings. The second-order valence-corrected chi connectivity index (χ2v) is 16.8. The number of benzene rings is 7. The smallest absolute Gasteiger partial charge is 0.164 e. The second kappa shape index (κ2) is 14.0. The topological polar surface area (TPSA) is 65.0 Å². The minimum atomic E-state index is 0.306. The zero-order valence-electron chi connectivity index (χ0n) is 33.9. The molecule has 0 spiro atoms. The predicted molar refractivity (Wildman–Crippen MR) is 254 cm³/mol. The van der Waals surface area contributed by atoms with Crippen molar-refractivity contribution >= 4 is 72.4 Å². The van der Waals surface area contributed by atoms with Crippen molar-refractivity contribution in [3.63, 3.8) is 0 Å². The van der Waals surface area contributed by atoms with Gasteiger partial charge in [-0.15, -0.1) is 0 Å². The summed E-state index contributed by atoms with van der Waals surface area (Å²) in [5.74, 6) is 2.21. The maximum atomic E-state index is 6.56. The van der Waals surface area contributed by atoms with Gasteiger partial charge in [0, 0.05) is 44.2 Å². The Morgan fingerprint density at radius 1 is 0.500 bits per heavy atom. The highest BCUT2D eigenvalue weighted by atomic mass is 16.3. The molecule has 0 N–H and O–H groups in total. The molecule has 0 fully saturated rings. The van der Waals surface area contributed by atoms with E-state index in [0.717, 1.165) is 92.7 Å². The van der Waals surface area contributed by atoms with Crippen molar-refractivity contribution in [1.82, 2.24) is 15.0 Å². The van der Waals surface area contributed by atoms with Crippen molar-refractivity contribution in [1.29, 1.82) is 0 Å². The van der Waals surface area contributed by atoms with Gasteiger partial charge in [0.25, 0.3) is 0 Å². The number of aromatic nitrogens is 3. The number of hydrogen-bond donors (Lipinski definition) is 0. The molecule has 5 heteroatoms. The normalized spacial score (nSPS) is 15.8. The fraction of sp³-hybridized carbons (Fsp3) is 0.105. The highest BCUT2D eigenvalue weighted by Crippen LogP contribution is 2.43. The van der Waals surface area contributed by atoms with Crippen LogP contribution in [0, 0.1) is 0 Å². The van der Waals surface area contributed by atoms with E-state index >= 15 is 0 Å². The van der Waals surface area contributed by atoms with Crippen molar-refractivity contribution < 1.29 is 8.83 Å². The lowest BCUT2D eigenvalue weighted by Crippen LogP contribution is -2.04. The van der Waals surface area contributed by atoms with E-state index in [1.54, 1.807) is 0 Å². The molecule has 0 radical (unpaired) electrons. The Bertz CT molecular complexity index is 3630. The molecule has 0 amide bonds. The Labute approximate surface area is 358 Å². The Morgan fingerprint density at radius 3 is 2.05 bits per heavy atom. The van der Waals surface area contributed by atoms with E-state index in [4.69, 9.17) is 23.8 Å². The van der Waals surface area contributed by atoms with Crippen LogP contribution in [0.2, 0.25) is 0 Å². The first-order valence-electron chi connectivity index (χ1n) is 21.7. The zero-order valence-corrected chi connectivity index (χ0v) is 33.9. The number of rotatable bonds is 5. The Morgan fingerprint density at radius 2 is 1.23 bits per heavy atom. The van der Waals surface area contributed by atoms with E-state index in [9.17, 15) is 0 Å². The summed E-state index contributed by atoms with van der Waals surface area (Å²) >= 11 is 0. The van der Waals surface area contributed by atoms with Gasteiger partial charge < -0.3 is 8.83 Å². The van der Waals surface area contributed by atoms with Gasteiger partial charge in [0.1, 0.15) is 22.3 Å². The van der Waals surface area contributed by atoms with E-state index in [1.807, 2.05) is 24.3 Å². The van der Waals surface area contributed by atoms with Crippen LogP contribution in [0.1, 0.15) is 58.6 Å². The van der Waals surface area contributed by atoms with Crippen LogP contribution < -0.4 is 0 Å². The third kappa shape index (κ3) is 5.65. The molecule has 0 saturated carbocycles. The van der Waals surface area contributed by atoms with Gasteiger partial charge in [-0.25, -0.2) is 15.0 Å². The number of furan rings is 2. The summed E-state index contributed by atoms with van der Waals surface area (Å²) < 4.78 is 12.9. The highest BCUT2D eigenvalue weighted by molar-refractivity contribution is 6.13. The number of fused-ring (bicyclic) bond motifs is 10. The van der Waals surface area contributed by atoms with E-state index in [-0.39, 0.29) is 0 Å². The summed E-state index contributed by atoms with van der Waals surface area (Å²) in [6.45, 7) is 0. The molecule has 62 heavy (non-hydrogen) atoms. The molecular formula is C57H39N3O2. The van der Waals surface area contributed by atoms with Crippen molar-refractivity contribution in [3.05, 3.63) is 191 Å². The fourth-order valence-electron chi connectivity index (χ4n) is 10.2. The molecule has 5 nitrogen and oxygen atoms in total. The average molecular weight is 798 g/mol. The van der Waals surface area contributed by atoms with Crippen LogP contribution in [0.3, 0.4) is 0 Å². The molecular weight excluding hydrogens is 759 g/mol. The van der Waals surface area contributed by atoms with Gasteiger partial charge in [0.2, 0.25) is 0 Å². The molecule has 3 aliphatic carbocycles. The summed E-state index contributed by atoms with van der Waals surface area (Å²) in [5, 5.41) is 6.78. The second-order valence-electron chi connectivity index (χ2n) is 16.8. The van der Waals surface area contributed by atoms with Gasteiger partial charge in [0.05, 0.1) is 0 Å². The average Bonchev–Trinajstić information content (AvgIpc) is 3.92. The van der Waals surface area contributed by atoms with Gasteiger partial charge >= 0.3 is 0 Å². The summed E-state index contributed by atoms with van der Waals surface area (Å²) in [6, 6.07) is 45.2. The lowest BCUT2D eigenvalue weighted by atomic mass is 9.83. The molecule has 13 rings (SSSR count). The summed E-state index contributed by atoms with van der Waals surface area (Å²) in [4.78, 5) is 16.1. The van der Waals surface area contributed by atoms with Crippen LogP contribution >= 0.6 is 0 Å². The van der Waals surface area contributed by atoms with Crippen LogP contribution in [0.25, 0.3) is 107 Å². The first-order chi connectivity index (χ1) is 30.7. The highest BCUT2D eigenvalue weighted by Gasteiger charge is 2.24. The van der Waals surface area contributed by atoms with Gasteiger partial charge in [0.15, 0.2) is 17.5 Å². The van der Waals surface area contributed by atoms with Crippen molar-refractivity contribution in [3.8, 4) is 34.2 Å². The summed E-state index contributed by atoms with van der Waals surface area (Å²) in [5.41, 5.74) is 15.3. The zero-order chi connectivity index (χ0) is 40.7. The Balaban J connectivity index is 1.01. The van der Waals surface area contributed by atoms with Gasteiger partial charge in [-0.3, -0.25) is 0 Å². The predicted octanol–water partition coefficient (Wildman–Crippen LogP) is 14.9. The first-order valence-corrected chi connectivity index (χ1v) is 21.7. The number of aryl methyl sites for hydroxylation is 2. The molecule has 7 aromatic carbocycles. The van der Waals surface area contributed by atoms with E-state index in [0.29, 0.717) is 23.4 Å². The van der Waals surface area contributed by atoms with Crippen LogP contribution in [0.5, 0.6) is 0 Å². The van der Waals surface area contributed by atoms with Crippen LogP contribution in [-0.2, 0) is 12.8 Å². The third-order valence-electron chi connectivity index (χ3n) is 13.2. The van der Waals surface area contributed by atoms with Gasteiger partial charge in [-0.2, -0.15) is 0 Å². The Hall–Kier alpha value is -7.63. The number of hydrogen-bond acceptors (Lipinski definition) is 5. The number of nitrogens with zero attached hydrogens (tertiary/aromatic N) is 3. The first kappa shape index (κ1) is 35.2. The maximum absolute atomic E-state index is 6.56. The summed E-state index contributed by atoms with van der Waals surface area (Å²) in [7, 11) is 0. The molecule has 0 bridgehead atoms. The maximum Gasteiger partial charge on any atom is 0.164 e. The van der Waals surface area contributed by atoms with Crippen LogP contribution in [0.15, 0.2) is 167 Å². The minimum absolute atomic E-state index is 0.306. The van der Waals surface area contributed by atoms with E-state index < -0.39 is 0 Å². The monoisotopic (exact) mass is 797 g/mol. The van der Waals surface area contributed by atoms with Crippen molar-refractivity contribution in [2.45, 2.75) is 38.0 Å². The van der Waals surface area contributed by atoms with Crippen molar-refractivity contribution in [2.75, 3.05) is 0 Å². The fourth-order valence-corrected chi connectivity index (χ4v) is 10.2. The molecule has 0 saturated heterocycles. The van der Waals surface area contributed by atoms with Crippen molar-refractivity contribution in [2.24, 2.45) is 0 Å². The lowest BCUT2D eigenvalue weighted by Gasteiger charge is -2.21. The quantitative estimate of drug-likeness (QED) is 0.174. The Kier molecular flexibility index (Phi) is 7.92. The van der Waals surface area contributed by atoms with Crippen LogP contribution in [-0.4, -0.2) is 15.0 Å². The lowest BCUT2D eigenvalue weighted by molar-refractivity contribution is 0.667. The number of allylic oxidation sites excluding steroid dienone is 6. The van der Waals surface area contributed by atoms with Gasteiger partial charge in [-0.05, 0) is 124 Å². The summed E-state index contributed by atoms with van der Waals surface area (Å²) in [6.07, 6.45) is 20.7. The standard InChI is InChI=1S/C57H39N3O2/c1-2-13-34(14-3-1)40-32-47(54-45-20-9-11-23-50(45)62-52(54)33-40)37-27-25-35-26-28-38(30-39(35)29-37)55-58-56(46-21-12-24-51-53(46)44-19-8-10-22-49(44)61-51)60-57(59-55)48-31-36-15-4-5-16-41(36)42-17-6-7-18-43(42)48/h1-4,6-13,15,17-24,26,28-34H,5,14,16,25,27H2. The molecule has 1 unspecified atom stereocenters. The van der Waals surface area contributed by atoms with E-state index in [2.05, 4.69) is 146 Å². The molecule has 3 aromatic heterocycles. The minimum Gasteiger partial charge on any atom is -0.456 e. The molecule has 0 aliphatic heterocycles. The third-order valence-corrected chi connectivity index (χ3v) is 13.2. The SMILES string of the molecule is C1=CCC(c2cc(C3=Cc4cc(-c5nc(-c6cc7c(c8ccccc68)CCC=C7)nc(-c6cccc7oc8ccccc8c67)n5)ccc4CC3)c3c(c2)oc2ccccc23)C=C1. The van der Waals surface area contributed by atoms with Gasteiger partial charge in [-0.1, -0.05) is 127 Å². The largest absolute Gasteiger partial charge is 0.456 e. The molecule has 1 atom stereocenters.